The molecule has 0 saturated carbocycles. The Kier molecular flexibility index (Phi) is 5.74. The van der Waals surface area contributed by atoms with Gasteiger partial charge in [0.05, 0.1) is 11.1 Å². The molecule has 0 fully saturated rings. The van der Waals surface area contributed by atoms with Crippen LogP contribution < -0.4 is 0 Å². The van der Waals surface area contributed by atoms with Crippen LogP contribution >= 0.6 is 23.2 Å². The standard InChI is InChI=1S/C21H14Cl2N4O3/c22-14-7-8-16(23)15(10-14)20(30-21(29)13-4-3-9-24-11-13)19(28)12-27-18-6-2-1-5-17(18)25-26-27/h1-11,20H,12H2/t20-/m1/s1. The first-order chi connectivity index (χ1) is 14.5. The largest absolute Gasteiger partial charge is 0.446 e. The number of ether oxygens (including phenoxy) is 1. The van der Waals surface area contributed by atoms with E-state index in [1.165, 1.54) is 23.1 Å². The van der Waals surface area contributed by atoms with Crippen molar-refractivity contribution >= 4 is 46.0 Å². The van der Waals surface area contributed by atoms with Crippen molar-refractivity contribution in [3.63, 3.8) is 0 Å². The number of fused-ring (bicyclic) bond motifs is 1. The van der Waals surface area contributed by atoms with Crippen LogP contribution in [0.5, 0.6) is 0 Å². The number of halogens is 2. The van der Waals surface area contributed by atoms with Crippen LogP contribution in [0.25, 0.3) is 11.0 Å². The van der Waals surface area contributed by atoms with E-state index in [2.05, 4.69) is 15.3 Å². The van der Waals surface area contributed by atoms with Crippen molar-refractivity contribution in [2.75, 3.05) is 0 Å². The van der Waals surface area contributed by atoms with Gasteiger partial charge in [-0.05, 0) is 42.5 Å². The van der Waals surface area contributed by atoms with Crippen molar-refractivity contribution < 1.29 is 14.3 Å². The number of esters is 1. The molecule has 0 unspecified atom stereocenters. The topological polar surface area (TPSA) is 87.0 Å². The molecule has 9 heteroatoms. The molecule has 0 spiro atoms. The van der Waals surface area contributed by atoms with Crippen molar-refractivity contribution in [2.24, 2.45) is 0 Å². The average molecular weight is 441 g/mol. The van der Waals surface area contributed by atoms with E-state index in [4.69, 9.17) is 27.9 Å². The fraction of sp³-hybridized carbons (Fsp3) is 0.0952. The molecule has 0 bridgehead atoms. The van der Waals surface area contributed by atoms with Crippen LogP contribution in [0.3, 0.4) is 0 Å². The van der Waals surface area contributed by atoms with Gasteiger partial charge in [-0.1, -0.05) is 40.5 Å². The van der Waals surface area contributed by atoms with Gasteiger partial charge in [-0.3, -0.25) is 9.78 Å². The van der Waals surface area contributed by atoms with E-state index in [0.29, 0.717) is 16.1 Å². The van der Waals surface area contributed by atoms with Crippen LogP contribution in [0.15, 0.2) is 67.0 Å². The number of nitrogens with zero attached hydrogens (tertiary/aromatic N) is 4. The van der Waals surface area contributed by atoms with Gasteiger partial charge >= 0.3 is 5.97 Å². The number of benzene rings is 2. The summed E-state index contributed by atoms with van der Waals surface area (Å²) in [5, 5.41) is 8.67. The Morgan fingerprint density at radius 2 is 1.90 bits per heavy atom. The summed E-state index contributed by atoms with van der Waals surface area (Å²) in [5.41, 5.74) is 1.82. The third-order valence-corrected chi connectivity index (χ3v) is 4.96. The van der Waals surface area contributed by atoms with Gasteiger partial charge in [-0.2, -0.15) is 0 Å². The molecule has 0 radical (unpaired) electrons. The normalized spacial score (nSPS) is 11.9. The number of para-hydroxylation sites is 1. The summed E-state index contributed by atoms with van der Waals surface area (Å²) in [5.74, 6) is -1.15. The van der Waals surface area contributed by atoms with Gasteiger partial charge in [0, 0.05) is 28.0 Å². The number of rotatable bonds is 6. The predicted octanol–water partition coefficient (Wildman–Crippen LogP) is 4.30. The molecule has 0 aliphatic carbocycles. The van der Waals surface area contributed by atoms with Gasteiger partial charge < -0.3 is 4.74 Å². The summed E-state index contributed by atoms with van der Waals surface area (Å²) in [6.45, 7) is -0.172. The molecule has 2 aromatic heterocycles. The lowest BCUT2D eigenvalue weighted by atomic mass is 10.0. The van der Waals surface area contributed by atoms with Gasteiger partial charge in [-0.25, -0.2) is 9.48 Å². The van der Waals surface area contributed by atoms with Crippen LogP contribution in [0.4, 0.5) is 0 Å². The maximum Gasteiger partial charge on any atom is 0.340 e. The Balaban J connectivity index is 1.68. The molecule has 4 aromatic rings. The number of carbonyl (C=O) groups excluding carboxylic acids is 2. The third-order valence-electron chi connectivity index (χ3n) is 4.38. The second-order valence-corrected chi connectivity index (χ2v) is 7.24. The maximum atomic E-state index is 13.2. The van der Waals surface area contributed by atoms with E-state index in [0.717, 1.165) is 0 Å². The van der Waals surface area contributed by atoms with E-state index in [9.17, 15) is 9.59 Å². The van der Waals surface area contributed by atoms with Gasteiger partial charge in [0.2, 0.25) is 0 Å². The summed E-state index contributed by atoms with van der Waals surface area (Å²) in [6, 6.07) is 15.0. The first-order valence-electron chi connectivity index (χ1n) is 8.90. The predicted molar refractivity (Wildman–Crippen MR) is 111 cm³/mol. The molecular weight excluding hydrogens is 427 g/mol. The lowest BCUT2D eigenvalue weighted by molar-refractivity contribution is -0.128. The van der Waals surface area contributed by atoms with Crippen LogP contribution in [-0.2, 0) is 16.1 Å². The van der Waals surface area contributed by atoms with Gasteiger partial charge in [0.1, 0.15) is 12.1 Å². The molecule has 0 amide bonds. The number of pyridine rings is 1. The number of hydrogen-bond donors (Lipinski definition) is 0. The Bertz CT molecular complexity index is 1230. The van der Waals surface area contributed by atoms with E-state index < -0.39 is 17.9 Å². The zero-order valence-electron chi connectivity index (χ0n) is 15.4. The van der Waals surface area contributed by atoms with Crippen LogP contribution in [0.2, 0.25) is 10.0 Å². The van der Waals surface area contributed by atoms with Crippen molar-refractivity contribution in [1.82, 2.24) is 20.0 Å². The highest BCUT2D eigenvalue weighted by Gasteiger charge is 2.29. The molecule has 0 aliphatic heterocycles. The lowest BCUT2D eigenvalue weighted by Gasteiger charge is -2.19. The number of ketones is 1. The number of hydrogen-bond acceptors (Lipinski definition) is 6. The molecule has 150 valence electrons. The van der Waals surface area contributed by atoms with Crippen molar-refractivity contribution in [1.29, 1.82) is 0 Å². The van der Waals surface area contributed by atoms with Gasteiger partial charge in [0.25, 0.3) is 0 Å². The van der Waals surface area contributed by atoms with Crippen LogP contribution in [-0.4, -0.2) is 31.7 Å². The Labute approximate surface area is 181 Å². The molecule has 0 N–H and O–H groups in total. The highest BCUT2D eigenvalue weighted by atomic mass is 35.5. The molecular formula is C21H14Cl2N4O3. The van der Waals surface area contributed by atoms with E-state index in [-0.39, 0.29) is 22.7 Å². The Hall–Kier alpha value is -3.29. The SMILES string of the molecule is O=C(O[C@@H](C(=O)Cn1nnc2ccccc21)c1cc(Cl)ccc1Cl)c1cccnc1. The van der Waals surface area contributed by atoms with Crippen molar-refractivity contribution in [3.8, 4) is 0 Å². The summed E-state index contributed by atoms with van der Waals surface area (Å²) in [6.07, 6.45) is 1.60. The highest BCUT2D eigenvalue weighted by molar-refractivity contribution is 6.33. The lowest BCUT2D eigenvalue weighted by Crippen LogP contribution is -2.24. The second kappa shape index (κ2) is 8.61. The zero-order chi connectivity index (χ0) is 21.1. The number of aromatic nitrogens is 4. The fourth-order valence-electron chi connectivity index (χ4n) is 2.94. The minimum Gasteiger partial charge on any atom is -0.446 e. The summed E-state index contributed by atoms with van der Waals surface area (Å²) < 4.78 is 6.99. The monoisotopic (exact) mass is 440 g/mol. The summed E-state index contributed by atoms with van der Waals surface area (Å²) in [4.78, 5) is 29.7. The Morgan fingerprint density at radius 3 is 2.70 bits per heavy atom. The highest BCUT2D eigenvalue weighted by Crippen LogP contribution is 2.30. The van der Waals surface area contributed by atoms with Gasteiger partial charge in [-0.15, -0.1) is 5.10 Å². The molecule has 4 rings (SSSR count). The quantitative estimate of drug-likeness (QED) is 0.415. The van der Waals surface area contributed by atoms with Crippen molar-refractivity contribution in [3.05, 3.63) is 88.2 Å². The number of carbonyl (C=O) groups is 2. The molecule has 2 heterocycles. The maximum absolute atomic E-state index is 13.2. The first kappa shape index (κ1) is 20.0. The second-order valence-electron chi connectivity index (χ2n) is 6.40. The van der Waals surface area contributed by atoms with E-state index in [1.807, 2.05) is 12.1 Å². The van der Waals surface area contributed by atoms with E-state index in [1.54, 1.807) is 36.4 Å². The summed E-state index contributed by atoms with van der Waals surface area (Å²) in [7, 11) is 0. The third kappa shape index (κ3) is 4.17. The molecule has 2 aromatic carbocycles. The molecule has 1 atom stereocenters. The average Bonchev–Trinajstić information content (AvgIpc) is 3.17. The van der Waals surface area contributed by atoms with Crippen LogP contribution in [0, 0.1) is 0 Å². The van der Waals surface area contributed by atoms with Crippen LogP contribution in [0.1, 0.15) is 22.0 Å². The molecule has 0 saturated heterocycles. The molecule has 0 aliphatic rings. The smallest absolute Gasteiger partial charge is 0.340 e. The summed E-state index contributed by atoms with van der Waals surface area (Å²) >= 11 is 12.4. The molecule has 30 heavy (non-hydrogen) atoms. The van der Waals surface area contributed by atoms with Gasteiger partial charge in [0.15, 0.2) is 11.9 Å². The molecule has 7 nitrogen and oxygen atoms in total. The fourth-order valence-corrected chi connectivity index (χ4v) is 3.34. The Morgan fingerprint density at radius 1 is 1.07 bits per heavy atom. The zero-order valence-corrected chi connectivity index (χ0v) is 16.9. The minimum absolute atomic E-state index is 0.172. The van der Waals surface area contributed by atoms with E-state index >= 15 is 0 Å². The van der Waals surface area contributed by atoms with Crippen molar-refractivity contribution in [2.45, 2.75) is 12.6 Å². The first-order valence-corrected chi connectivity index (χ1v) is 9.65. The minimum atomic E-state index is -1.29. The number of Topliss-reactive ketones (excluding diaryl/α,β-unsaturated/α-hetero) is 1.